The second kappa shape index (κ2) is 7.59. The standard InChI is InChI=1S/C27H32N2/c1-18(2)22-13-11-14-23(19(3)4)27(22)29-21(6)28(24-15-8-7-12-20(24)5)25-16-9-10-17-26(25)29/h7-19,21H,1-6H3/t21-/m1/s1. The predicted octanol–water partition coefficient (Wildman–Crippen LogP) is 7.88. The normalized spacial score (nSPS) is 16.1. The lowest BCUT2D eigenvalue weighted by Gasteiger charge is -2.35. The zero-order valence-electron chi connectivity index (χ0n) is 18.5. The van der Waals surface area contributed by atoms with Crippen LogP contribution in [-0.2, 0) is 0 Å². The fraction of sp³-hybridized carbons (Fsp3) is 0.333. The third-order valence-corrected chi connectivity index (χ3v) is 6.11. The van der Waals surface area contributed by atoms with Gasteiger partial charge in [0, 0.05) is 5.69 Å². The molecule has 0 saturated carbocycles. The van der Waals surface area contributed by atoms with Crippen molar-refractivity contribution in [2.24, 2.45) is 0 Å². The quantitative estimate of drug-likeness (QED) is 0.451. The van der Waals surface area contributed by atoms with E-state index in [1.165, 1.54) is 39.4 Å². The zero-order valence-corrected chi connectivity index (χ0v) is 18.5. The molecule has 0 saturated heterocycles. The van der Waals surface area contributed by atoms with Crippen molar-refractivity contribution in [2.45, 2.75) is 59.5 Å². The first-order valence-corrected chi connectivity index (χ1v) is 10.8. The summed E-state index contributed by atoms with van der Waals surface area (Å²) in [6, 6.07) is 24.4. The fourth-order valence-corrected chi connectivity index (χ4v) is 4.65. The molecule has 2 heteroatoms. The van der Waals surface area contributed by atoms with E-state index < -0.39 is 0 Å². The molecule has 0 aliphatic carbocycles. The van der Waals surface area contributed by atoms with Crippen LogP contribution < -0.4 is 9.80 Å². The third-order valence-electron chi connectivity index (χ3n) is 6.11. The van der Waals surface area contributed by atoms with E-state index in [0.29, 0.717) is 11.8 Å². The van der Waals surface area contributed by atoms with Gasteiger partial charge < -0.3 is 9.80 Å². The second-order valence-electron chi connectivity index (χ2n) is 8.74. The highest BCUT2D eigenvalue weighted by Gasteiger charge is 2.37. The molecule has 0 fully saturated rings. The summed E-state index contributed by atoms with van der Waals surface area (Å²) in [7, 11) is 0. The molecule has 0 bridgehead atoms. The Kier molecular flexibility index (Phi) is 5.12. The summed E-state index contributed by atoms with van der Waals surface area (Å²) in [5.74, 6) is 0.936. The summed E-state index contributed by atoms with van der Waals surface area (Å²) in [5, 5.41) is 0. The van der Waals surface area contributed by atoms with Gasteiger partial charge in [0.1, 0.15) is 6.17 Å². The van der Waals surface area contributed by atoms with E-state index in [1.807, 2.05) is 0 Å². The van der Waals surface area contributed by atoms with Gasteiger partial charge in [-0.3, -0.25) is 0 Å². The molecule has 0 aromatic heterocycles. The van der Waals surface area contributed by atoms with Gasteiger partial charge in [0.25, 0.3) is 0 Å². The van der Waals surface area contributed by atoms with Crippen LogP contribution in [0, 0.1) is 6.92 Å². The van der Waals surface area contributed by atoms with Gasteiger partial charge in [-0.2, -0.15) is 0 Å². The van der Waals surface area contributed by atoms with Crippen LogP contribution in [-0.4, -0.2) is 6.17 Å². The van der Waals surface area contributed by atoms with Gasteiger partial charge in [-0.15, -0.1) is 0 Å². The molecule has 4 rings (SSSR count). The third kappa shape index (κ3) is 3.21. The Morgan fingerprint density at radius 1 is 0.621 bits per heavy atom. The smallest absolute Gasteiger partial charge is 0.108 e. The Morgan fingerprint density at radius 3 is 1.62 bits per heavy atom. The molecule has 3 aromatic carbocycles. The van der Waals surface area contributed by atoms with E-state index in [9.17, 15) is 0 Å². The first kappa shape index (κ1) is 19.6. The van der Waals surface area contributed by atoms with Gasteiger partial charge in [-0.25, -0.2) is 0 Å². The summed E-state index contributed by atoms with van der Waals surface area (Å²) < 4.78 is 0. The Balaban J connectivity index is 1.97. The molecule has 0 spiro atoms. The average Bonchev–Trinajstić information content (AvgIpc) is 2.99. The minimum Gasteiger partial charge on any atom is -0.318 e. The number of hydrogen-bond donors (Lipinski definition) is 0. The molecule has 0 N–H and O–H groups in total. The highest BCUT2D eigenvalue weighted by molar-refractivity contribution is 5.90. The van der Waals surface area contributed by atoms with Crippen molar-refractivity contribution in [1.82, 2.24) is 0 Å². The van der Waals surface area contributed by atoms with Gasteiger partial charge in [0.2, 0.25) is 0 Å². The number of nitrogens with zero attached hydrogens (tertiary/aromatic N) is 2. The SMILES string of the molecule is Cc1ccccc1N1c2ccccc2N(c2c(C(C)C)cccc2C(C)C)[C@@H]1C. The molecular formula is C27H32N2. The lowest BCUT2D eigenvalue weighted by molar-refractivity contribution is 0.736. The molecule has 1 aliphatic heterocycles. The average molecular weight is 385 g/mol. The maximum atomic E-state index is 2.56. The molecular weight excluding hydrogens is 352 g/mol. The zero-order chi connectivity index (χ0) is 20.7. The minimum absolute atomic E-state index is 0.200. The molecule has 3 aromatic rings. The number of rotatable bonds is 4. The van der Waals surface area contributed by atoms with Crippen LogP contribution in [0.25, 0.3) is 0 Å². The van der Waals surface area contributed by atoms with E-state index in [0.717, 1.165) is 0 Å². The van der Waals surface area contributed by atoms with Gasteiger partial charge >= 0.3 is 0 Å². The summed E-state index contributed by atoms with van der Waals surface area (Å²) in [6.45, 7) is 13.7. The van der Waals surface area contributed by atoms with Gasteiger partial charge in [-0.1, -0.05) is 76.2 Å². The molecule has 0 unspecified atom stereocenters. The van der Waals surface area contributed by atoms with Crippen molar-refractivity contribution in [3.63, 3.8) is 0 Å². The maximum Gasteiger partial charge on any atom is 0.108 e. The van der Waals surface area contributed by atoms with Crippen LogP contribution in [0.15, 0.2) is 66.7 Å². The maximum absolute atomic E-state index is 2.56. The van der Waals surface area contributed by atoms with Crippen LogP contribution >= 0.6 is 0 Å². The minimum atomic E-state index is 0.200. The largest absolute Gasteiger partial charge is 0.318 e. The Labute approximate surface area is 175 Å². The van der Waals surface area contributed by atoms with Crippen molar-refractivity contribution in [3.8, 4) is 0 Å². The van der Waals surface area contributed by atoms with Crippen LogP contribution in [0.3, 0.4) is 0 Å². The Hall–Kier alpha value is -2.74. The summed E-state index contributed by atoms with van der Waals surface area (Å²) in [5.41, 5.74) is 9.38. The summed E-state index contributed by atoms with van der Waals surface area (Å²) in [6.07, 6.45) is 0.200. The van der Waals surface area contributed by atoms with E-state index in [4.69, 9.17) is 0 Å². The molecule has 1 heterocycles. The van der Waals surface area contributed by atoms with Gasteiger partial charge in [-0.05, 0) is 60.6 Å². The Morgan fingerprint density at radius 2 is 1.10 bits per heavy atom. The summed E-state index contributed by atoms with van der Waals surface area (Å²) in [4.78, 5) is 5.05. The number of aryl methyl sites for hydroxylation is 1. The highest BCUT2D eigenvalue weighted by Crippen LogP contribution is 2.51. The number of benzene rings is 3. The van der Waals surface area contributed by atoms with Crippen molar-refractivity contribution < 1.29 is 0 Å². The van der Waals surface area contributed by atoms with E-state index in [1.54, 1.807) is 0 Å². The van der Waals surface area contributed by atoms with Crippen LogP contribution in [0.2, 0.25) is 0 Å². The monoisotopic (exact) mass is 384 g/mol. The first-order chi connectivity index (χ1) is 13.9. The van der Waals surface area contributed by atoms with Gasteiger partial charge in [0.15, 0.2) is 0 Å². The van der Waals surface area contributed by atoms with Crippen molar-refractivity contribution >= 4 is 22.7 Å². The lowest BCUT2D eigenvalue weighted by atomic mass is 9.91. The number of para-hydroxylation sites is 4. The fourth-order valence-electron chi connectivity index (χ4n) is 4.65. The molecule has 150 valence electrons. The van der Waals surface area contributed by atoms with Crippen LogP contribution in [0.4, 0.5) is 22.7 Å². The molecule has 0 radical (unpaired) electrons. The van der Waals surface area contributed by atoms with Crippen molar-refractivity contribution in [3.05, 3.63) is 83.4 Å². The summed E-state index contributed by atoms with van der Waals surface area (Å²) >= 11 is 0. The van der Waals surface area contributed by atoms with Crippen molar-refractivity contribution in [1.29, 1.82) is 0 Å². The topological polar surface area (TPSA) is 6.48 Å². The van der Waals surface area contributed by atoms with E-state index in [-0.39, 0.29) is 6.17 Å². The van der Waals surface area contributed by atoms with Gasteiger partial charge in [0.05, 0.1) is 17.1 Å². The molecule has 2 nitrogen and oxygen atoms in total. The molecule has 29 heavy (non-hydrogen) atoms. The first-order valence-electron chi connectivity index (χ1n) is 10.8. The van der Waals surface area contributed by atoms with Crippen molar-refractivity contribution in [2.75, 3.05) is 9.80 Å². The van der Waals surface area contributed by atoms with E-state index >= 15 is 0 Å². The second-order valence-corrected chi connectivity index (χ2v) is 8.74. The van der Waals surface area contributed by atoms with Crippen LogP contribution in [0.5, 0.6) is 0 Å². The predicted molar refractivity (Wildman–Crippen MR) is 126 cm³/mol. The Bertz CT molecular complexity index is 992. The molecule has 1 aliphatic rings. The molecule has 0 amide bonds. The number of anilines is 4. The number of hydrogen-bond acceptors (Lipinski definition) is 2. The lowest BCUT2D eigenvalue weighted by Crippen LogP contribution is -2.36. The highest BCUT2D eigenvalue weighted by atomic mass is 15.4. The number of fused-ring (bicyclic) bond motifs is 1. The van der Waals surface area contributed by atoms with E-state index in [2.05, 4.69) is 118 Å². The molecule has 1 atom stereocenters. The van der Waals surface area contributed by atoms with Crippen LogP contribution in [0.1, 0.15) is 63.1 Å².